The van der Waals surface area contributed by atoms with E-state index in [-0.39, 0.29) is 5.60 Å². The van der Waals surface area contributed by atoms with E-state index in [2.05, 4.69) is 27.7 Å². The van der Waals surface area contributed by atoms with Crippen molar-refractivity contribution in [1.29, 1.82) is 0 Å². The molecule has 0 rings (SSSR count). The molecule has 0 saturated carbocycles. The predicted molar refractivity (Wildman–Crippen MR) is 57.8 cm³/mol. The van der Waals surface area contributed by atoms with Gasteiger partial charge in [0, 0.05) is 13.2 Å². The quantitative estimate of drug-likeness (QED) is 0.693. The highest BCUT2D eigenvalue weighted by molar-refractivity contribution is 4.74. The maximum absolute atomic E-state index is 6.03. The number of hydrogen-bond acceptors (Lipinski definition) is 2. The Morgan fingerprint density at radius 2 is 1.92 bits per heavy atom. The van der Waals surface area contributed by atoms with E-state index in [4.69, 9.17) is 10.5 Å². The van der Waals surface area contributed by atoms with E-state index in [9.17, 15) is 0 Å². The van der Waals surface area contributed by atoms with E-state index in [1.54, 1.807) is 7.11 Å². The highest BCUT2D eigenvalue weighted by Gasteiger charge is 2.19. The van der Waals surface area contributed by atoms with Gasteiger partial charge in [-0.2, -0.15) is 0 Å². The number of ether oxygens (including phenoxy) is 1. The minimum Gasteiger partial charge on any atom is -0.379 e. The second kappa shape index (κ2) is 5.61. The van der Waals surface area contributed by atoms with Gasteiger partial charge in [0.25, 0.3) is 0 Å². The average Bonchev–Trinajstić information content (AvgIpc) is 2.13. The third-order valence-corrected chi connectivity index (χ3v) is 3.01. The molecule has 13 heavy (non-hydrogen) atoms. The molecule has 0 heterocycles. The van der Waals surface area contributed by atoms with Crippen LogP contribution in [-0.2, 0) is 4.74 Å². The van der Waals surface area contributed by atoms with Gasteiger partial charge in [0.05, 0.1) is 5.60 Å². The summed E-state index contributed by atoms with van der Waals surface area (Å²) in [6.07, 6.45) is 3.25. The van der Waals surface area contributed by atoms with Gasteiger partial charge in [-0.3, -0.25) is 0 Å². The predicted octanol–water partition coefficient (Wildman–Crippen LogP) is 2.57. The lowest BCUT2D eigenvalue weighted by Crippen LogP contribution is -2.32. The summed E-state index contributed by atoms with van der Waals surface area (Å²) in [4.78, 5) is 0. The summed E-state index contributed by atoms with van der Waals surface area (Å²) in [7, 11) is 1.76. The van der Waals surface area contributed by atoms with Crippen molar-refractivity contribution in [2.24, 2.45) is 11.7 Å². The van der Waals surface area contributed by atoms with E-state index >= 15 is 0 Å². The standard InChI is InChI=1S/C11H25NO/c1-6-9(2)10(12)7-8-11(3,4)13-5/h9-10H,6-8,12H2,1-5H3. The lowest BCUT2D eigenvalue weighted by Gasteiger charge is -2.26. The summed E-state index contributed by atoms with van der Waals surface area (Å²) in [6, 6.07) is 0.319. The number of rotatable bonds is 6. The first kappa shape index (κ1) is 12.9. The summed E-state index contributed by atoms with van der Waals surface area (Å²) in [5, 5.41) is 0. The minimum atomic E-state index is -0.0227. The number of hydrogen-bond donors (Lipinski definition) is 1. The maximum Gasteiger partial charge on any atom is 0.0623 e. The van der Waals surface area contributed by atoms with Gasteiger partial charge in [-0.15, -0.1) is 0 Å². The first-order valence-corrected chi connectivity index (χ1v) is 5.23. The second-order valence-electron chi connectivity index (χ2n) is 4.55. The van der Waals surface area contributed by atoms with Crippen molar-refractivity contribution in [2.45, 2.75) is 58.6 Å². The summed E-state index contributed by atoms with van der Waals surface area (Å²) in [5.74, 6) is 0.618. The largest absolute Gasteiger partial charge is 0.379 e. The first-order valence-electron chi connectivity index (χ1n) is 5.23. The highest BCUT2D eigenvalue weighted by Crippen LogP contribution is 2.19. The molecule has 0 aliphatic rings. The molecule has 0 fully saturated rings. The molecule has 0 amide bonds. The van der Waals surface area contributed by atoms with Crippen molar-refractivity contribution in [2.75, 3.05) is 7.11 Å². The Kier molecular flexibility index (Phi) is 5.57. The Labute approximate surface area is 82.8 Å². The number of methoxy groups -OCH3 is 1. The molecular weight excluding hydrogens is 162 g/mol. The van der Waals surface area contributed by atoms with E-state index in [0.29, 0.717) is 12.0 Å². The second-order valence-corrected chi connectivity index (χ2v) is 4.55. The van der Waals surface area contributed by atoms with Crippen LogP contribution < -0.4 is 5.73 Å². The molecule has 0 saturated heterocycles. The monoisotopic (exact) mass is 187 g/mol. The fourth-order valence-electron chi connectivity index (χ4n) is 1.20. The van der Waals surface area contributed by atoms with E-state index in [1.165, 1.54) is 0 Å². The Bertz CT molecular complexity index is 134. The van der Waals surface area contributed by atoms with Crippen molar-refractivity contribution in [1.82, 2.24) is 0 Å². The third kappa shape index (κ3) is 5.27. The van der Waals surface area contributed by atoms with Crippen LogP contribution >= 0.6 is 0 Å². The van der Waals surface area contributed by atoms with Gasteiger partial charge in [-0.1, -0.05) is 20.3 Å². The van der Waals surface area contributed by atoms with Crippen molar-refractivity contribution >= 4 is 0 Å². The first-order chi connectivity index (χ1) is 5.93. The zero-order valence-corrected chi connectivity index (χ0v) is 9.76. The summed E-state index contributed by atoms with van der Waals surface area (Å²) in [6.45, 7) is 8.61. The molecule has 0 spiro atoms. The third-order valence-electron chi connectivity index (χ3n) is 3.01. The van der Waals surface area contributed by atoms with Gasteiger partial charge in [0.1, 0.15) is 0 Å². The van der Waals surface area contributed by atoms with Gasteiger partial charge in [0.15, 0.2) is 0 Å². The Morgan fingerprint density at radius 1 is 1.38 bits per heavy atom. The summed E-state index contributed by atoms with van der Waals surface area (Å²) < 4.78 is 5.35. The molecular formula is C11H25NO. The smallest absolute Gasteiger partial charge is 0.0623 e. The van der Waals surface area contributed by atoms with Gasteiger partial charge in [0.2, 0.25) is 0 Å². The van der Waals surface area contributed by atoms with Gasteiger partial charge in [-0.25, -0.2) is 0 Å². The normalized spacial score (nSPS) is 17.1. The van der Waals surface area contributed by atoms with Gasteiger partial charge >= 0.3 is 0 Å². The highest BCUT2D eigenvalue weighted by atomic mass is 16.5. The molecule has 80 valence electrons. The number of nitrogens with two attached hydrogens (primary N) is 1. The molecule has 0 aliphatic carbocycles. The van der Waals surface area contributed by atoms with E-state index in [1.807, 2.05) is 0 Å². The van der Waals surface area contributed by atoms with Crippen LogP contribution in [0.25, 0.3) is 0 Å². The maximum atomic E-state index is 6.03. The molecule has 0 aromatic heterocycles. The van der Waals surface area contributed by atoms with E-state index < -0.39 is 0 Å². The van der Waals surface area contributed by atoms with Crippen LogP contribution in [0.15, 0.2) is 0 Å². The van der Waals surface area contributed by atoms with Crippen molar-refractivity contribution in [3.63, 3.8) is 0 Å². The van der Waals surface area contributed by atoms with Crippen molar-refractivity contribution < 1.29 is 4.74 Å². The molecule has 0 radical (unpaired) electrons. The Hall–Kier alpha value is -0.0800. The average molecular weight is 187 g/mol. The molecule has 2 heteroatoms. The molecule has 2 nitrogen and oxygen atoms in total. The minimum absolute atomic E-state index is 0.0227. The lowest BCUT2D eigenvalue weighted by atomic mass is 9.91. The van der Waals surface area contributed by atoms with Crippen LogP contribution in [0.1, 0.15) is 47.0 Å². The molecule has 2 atom stereocenters. The zero-order chi connectivity index (χ0) is 10.5. The molecule has 0 aromatic carbocycles. The van der Waals surface area contributed by atoms with E-state index in [0.717, 1.165) is 19.3 Å². The topological polar surface area (TPSA) is 35.2 Å². The lowest BCUT2D eigenvalue weighted by molar-refractivity contribution is 0.0114. The SMILES string of the molecule is CCC(C)C(N)CCC(C)(C)OC. The molecule has 0 aromatic rings. The Morgan fingerprint density at radius 3 is 2.31 bits per heavy atom. The van der Waals surface area contributed by atoms with Crippen LogP contribution in [0.2, 0.25) is 0 Å². The van der Waals surface area contributed by atoms with Gasteiger partial charge < -0.3 is 10.5 Å². The molecule has 0 aliphatic heterocycles. The summed E-state index contributed by atoms with van der Waals surface area (Å²) in [5.41, 5.74) is 6.01. The van der Waals surface area contributed by atoms with Crippen LogP contribution in [0.5, 0.6) is 0 Å². The van der Waals surface area contributed by atoms with Crippen LogP contribution in [0.4, 0.5) is 0 Å². The van der Waals surface area contributed by atoms with Crippen LogP contribution in [0, 0.1) is 5.92 Å². The fraction of sp³-hybridized carbons (Fsp3) is 1.00. The zero-order valence-electron chi connectivity index (χ0n) is 9.76. The van der Waals surface area contributed by atoms with Crippen molar-refractivity contribution in [3.8, 4) is 0 Å². The van der Waals surface area contributed by atoms with Gasteiger partial charge in [-0.05, 0) is 32.6 Å². The molecule has 2 unspecified atom stereocenters. The van der Waals surface area contributed by atoms with Crippen LogP contribution in [0.3, 0.4) is 0 Å². The van der Waals surface area contributed by atoms with Crippen LogP contribution in [-0.4, -0.2) is 18.8 Å². The van der Waals surface area contributed by atoms with Crippen molar-refractivity contribution in [3.05, 3.63) is 0 Å². The molecule has 0 bridgehead atoms. The Balaban J connectivity index is 3.75. The summed E-state index contributed by atoms with van der Waals surface area (Å²) >= 11 is 0. The molecule has 2 N–H and O–H groups in total. The fourth-order valence-corrected chi connectivity index (χ4v) is 1.20.